The number of hydrogen-bond donors (Lipinski definition) is 1. The van der Waals surface area contributed by atoms with Crippen molar-refractivity contribution in [2.45, 2.75) is 13.0 Å². The first kappa shape index (κ1) is 19.0. The maximum Gasteiger partial charge on any atom is 0.277 e. The zero-order chi connectivity index (χ0) is 20.4. The number of fused-ring (bicyclic) bond motifs is 1. The molecule has 1 aromatic carbocycles. The van der Waals surface area contributed by atoms with Gasteiger partial charge in [-0.05, 0) is 24.3 Å². The quantitative estimate of drug-likeness (QED) is 0.713. The Bertz CT molecular complexity index is 1030. The van der Waals surface area contributed by atoms with E-state index in [-0.39, 0.29) is 17.5 Å². The summed E-state index contributed by atoms with van der Waals surface area (Å²) in [6, 6.07) is 7.59. The van der Waals surface area contributed by atoms with Crippen molar-refractivity contribution in [3.63, 3.8) is 0 Å². The largest absolute Gasteiger partial charge is 0.378 e. The van der Waals surface area contributed by atoms with Crippen molar-refractivity contribution in [1.82, 2.24) is 19.9 Å². The third-order valence-corrected chi connectivity index (χ3v) is 5.66. The van der Waals surface area contributed by atoms with Crippen LogP contribution in [0.2, 0.25) is 0 Å². The summed E-state index contributed by atoms with van der Waals surface area (Å²) in [7, 11) is 3.93. The van der Waals surface area contributed by atoms with E-state index < -0.39 is 0 Å². The Kier molecular flexibility index (Phi) is 5.22. The molecule has 9 heteroatoms. The number of carbonyl (C=O) groups is 2. The van der Waals surface area contributed by atoms with Crippen LogP contribution in [-0.2, 0) is 13.0 Å². The van der Waals surface area contributed by atoms with E-state index in [0.717, 1.165) is 16.3 Å². The van der Waals surface area contributed by atoms with Crippen molar-refractivity contribution < 1.29 is 9.59 Å². The lowest BCUT2D eigenvalue weighted by atomic mass is 10.1. The second-order valence-electron chi connectivity index (χ2n) is 6.85. The second kappa shape index (κ2) is 7.96. The minimum absolute atomic E-state index is 0.000461. The number of nitrogens with one attached hydrogen (secondary N) is 1. The Morgan fingerprint density at radius 3 is 2.66 bits per heavy atom. The summed E-state index contributed by atoms with van der Waals surface area (Å²) in [6.45, 7) is 1.09. The fourth-order valence-electron chi connectivity index (χ4n) is 3.08. The van der Waals surface area contributed by atoms with E-state index >= 15 is 0 Å². The van der Waals surface area contributed by atoms with Crippen molar-refractivity contribution in [2.75, 3.05) is 30.9 Å². The Balaban J connectivity index is 1.44. The van der Waals surface area contributed by atoms with Gasteiger partial charge in [-0.3, -0.25) is 19.9 Å². The fraction of sp³-hybridized carbons (Fsp3) is 0.250. The summed E-state index contributed by atoms with van der Waals surface area (Å²) in [6.07, 6.45) is 5.05. The summed E-state index contributed by atoms with van der Waals surface area (Å²) in [5, 5.41) is 3.28. The highest BCUT2D eigenvalue weighted by Crippen LogP contribution is 2.29. The number of nitrogens with zero attached hydrogens (tertiary/aromatic N) is 5. The van der Waals surface area contributed by atoms with Crippen LogP contribution in [0.15, 0.2) is 42.9 Å². The van der Waals surface area contributed by atoms with Gasteiger partial charge < -0.3 is 9.80 Å². The molecule has 4 rings (SSSR count). The van der Waals surface area contributed by atoms with Crippen LogP contribution in [0.5, 0.6) is 0 Å². The molecule has 0 aliphatic carbocycles. The zero-order valence-electron chi connectivity index (χ0n) is 16.1. The third-order valence-electron chi connectivity index (χ3n) is 4.67. The first-order valence-corrected chi connectivity index (χ1v) is 9.95. The van der Waals surface area contributed by atoms with Gasteiger partial charge in [0.15, 0.2) is 5.13 Å². The van der Waals surface area contributed by atoms with E-state index in [9.17, 15) is 9.59 Å². The van der Waals surface area contributed by atoms with Gasteiger partial charge in [0.05, 0.1) is 18.4 Å². The number of carbonyl (C=O) groups excluding carboxylic acids is 2. The molecule has 1 aliphatic rings. The first-order valence-electron chi connectivity index (χ1n) is 9.14. The van der Waals surface area contributed by atoms with Crippen LogP contribution in [0.1, 0.15) is 31.4 Å². The van der Waals surface area contributed by atoms with Crippen LogP contribution in [0.4, 0.5) is 10.8 Å². The Labute approximate surface area is 172 Å². The molecular formula is C20H20N6O2S. The SMILES string of the molecule is CN(C)c1ccc(C(=O)N2CCc3nc(NC(=O)c4cnccn4)sc3C2)cc1. The van der Waals surface area contributed by atoms with Crippen molar-refractivity contribution in [2.24, 2.45) is 0 Å². The number of thiazole rings is 1. The molecule has 3 heterocycles. The van der Waals surface area contributed by atoms with E-state index in [4.69, 9.17) is 0 Å². The van der Waals surface area contributed by atoms with Gasteiger partial charge in [-0.1, -0.05) is 11.3 Å². The predicted octanol–water partition coefficient (Wildman–Crippen LogP) is 2.45. The number of rotatable bonds is 4. The molecular weight excluding hydrogens is 388 g/mol. The average Bonchev–Trinajstić information content (AvgIpc) is 3.15. The molecule has 29 heavy (non-hydrogen) atoms. The number of amides is 2. The molecule has 0 radical (unpaired) electrons. The zero-order valence-corrected chi connectivity index (χ0v) is 16.9. The topological polar surface area (TPSA) is 91.3 Å². The standard InChI is InChI=1S/C20H20N6O2S/c1-25(2)14-5-3-13(4-6-14)19(28)26-10-7-15-17(12-26)29-20(23-15)24-18(27)16-11-21-8-9-22-16/h3-6,8-9,11H,7,10,12H2,1-2H3,(H,23,24,27). The maximum atomic E-state index is 12.9. The van der Waals surface area contributed by atoms with Crippen LogP contribution in [0, 0.1) is 0 Å². The van der Waals surface area contributed by atoms with Gasteiger partial charge in [0.2, 0.25) is 0 Å². The second-order valence-corrected chi connectivity index (χ2v) is 7.94. The van der Waals surface area contributed by atoms with Crippen molar-refractivity contribution in [3.8, 4) is 0 Å². The van der Waals surface area contributed by atoms with Gasteiger partial charge in [0.25, 0.3) is 11.8 Å². The molecule has 1 aliphatic heterocycles. The normalized spacial score (nSPS) is 13.0. The molecule has 0 bridgehead atoms. The van der Waals surface area contributed by atoms with E-state index in [2.05, 4.69) is 20.3 Å². The van der Waals surface area contributed by atoms with Crippen LogP contribution in [0.3, 0.4) is 0 Å². The van der Waals surface area contributed by atoms with E-state index in [1.54, 1.807) is 0 Å². The van der Waals surface area contributed by atoms with Gasteiger partial charge >= 0.3 is 0 Å². The monoisotopic (exact) mass is 408 g/mol. The van der Waals surface area contributed by atoms with Crippen LogP contribution < -0.4 is 10.2 Å². The number of anilines is 2. The Morgan fingerprint density at radius 2 is 1.97 bits per heavy atom. The molecule has 2 aromatic heterocycles. The molecule has 0 spiro atoms. The minimum atomic E-state index is -0.349. The van der Waals surface area contributed by atoms with Gasteiger partial charge in [-0.25, -0.2) is 9.97 Å². The van der Waals surface area contributed by atoms with Crippen molar-refractivity contribution in [1.29, 1.82) is 0 Å². The maximum absolute atomic E-state index is 12.9. The van der Waals surface area contributed by atoms with Crippen LogP contribution >= 0.6 is 11.3 Å². The number of benzene rings is 1. The first-order chi connectivity index (χ1) is 14.0. The number of hydrogen-bond acceptors (Lipinski definition) is 7. The summed E-state index contributed by atoms with van der Waals surface area (Å²) < 4.78 is 0. The van der Waals surface area contributed by atoms with Crippen molar-refractivity contribution in [3.05, 3.63) is 64.7 Å². The van der Waals surface area contributed by atoms with Gasteiger partial charge in [-0.2, -0.15) is 0 Å². The highest BCUT2D eigenvalue weighted by atomic mass is 32.1. The molecule has 0 fully saturated rings. The summed E-state index contributed by atoms with van der Waals surface area (Å²) in [5.74, 6) is -0.349. The van der Waals surface area contributed by atoms with E-state index in [0.29, 0.717) is 30.2 Å². The minimum Gasteiger partial charge on any atom is -0.378 e. The van der Waals surface area contributed by atoms with Gasteiger partial charge in [0.1, 0.15) is 5.69 Å². The lowest BCUT2D eigenvalue weighted by Crippen LogP contribution is -2.35. The van der Waals surface area contributed by atoms with E-state index in [1.165, 1.54) is 29.9 Å². The molecule has 3 aromatic rings. The molecule has 0 unspecified atom stereocenters. The van der Waals surface area contributed by atoms with Gasteiger partial charge in [-0.15, -0.1) is 0 Å². The summed E-state index contributed by atoms with van der Waals surface area (Å²) >= 11 is 1.39. The van der Waals surface area contributed by atoms with Gasteiger partial charge in [0, 0.05) is 55.6 Å². The fourth-order valence-corrected chi connectivity index (χ4v) is 4.10. The van der Waals surface area contributed by atoms with Crippen molar-refractivity contribution >= 4 is 34.0 Å². The molecule has 0 atom stereocenters. The predicted molar refractivity (Wildman–Crippen MR) is 111 cm³/mol. The number of aromatic nitrogens is 3. The highest BCUT2D eigenvalue weighted by molar-refractivity contribution is 7.15. The Hall–Kier alpha value is -3.33. The lowest BCUT2D eigenvalue weighted by Gasteiger charge is -2.26. The summed E-state index contributed by atoms with van der Waals surface area (Å²) in [4.78, 5) is 42.3. The van der Waals surface area contributed by atoms with Crippen LogP contribution in [0.25, 0.3) is 0 Å². The molecule has 148 valence electrons. The van der Waals surface area contributed by atoms with E-state index in [1.807, 2.05) is 48.2 Å². The molecule has 0 saturated carbocycles. The third kappa shape index (κ3) is 4.09. The molecule has 2 amide bonds. The van der Waals surface area contributed by atoms with Crippen LogP contribution in [-0.4, -0.2) is 52.3 Å². The Morgan fingerprint density at radius 1 is 1.17 bits per heavy atom. The average molecular weight is 408 g/mol. The smallest absolute Gasteiger partial charge is 0.277 e. The molecule has 0 saturated heterocycles. The lowest BCUT2D eigenvalue weighted by molar-refractivity contribution is 0.0736. The summed E-state index contributed by atoms with van der Waals surface area (Å²) in [5.41, 5.74) is 2.88. The highest BCUT2D eigenvalue weighted by Gasteiger charge is 2.25. The molecule has 8 nitrogen and oxygen atoms in total. The molecule has 1 N–H and O–H groups in total.